The van der Waals surface area contributed by atoms with Crippen LogP contribution in [0.2, 0.25) is 0 Å². The monoisotopic (exact) mass is 234 g/mol. The fourth-order valence-corrected chi connectivity index (χ4v) is 0.652. The van der Waals surface area contributed by atoms with E-state index in [1.54, 1.807) is 0 Å². The van der Waals surface area contributed by atoms with Gasteiger partial charge < -0.3 is 9.84 Å². The van der Waals surface area contributed by atoms with Gasteiger partial charge in [0.2, 0.25) is 6.86 Å². The van der Waals surface area contributed by atoms with Crippen molar-refractivity contribution in [3.63, 3.8) is 0 Å². The highest BCUT2D eigenvalue weighted by molar-refractivity contribution is 5.87. The van der Waals surface area contributed by atoms with Crippen LogP contribution in [0.15, 0.2) is 36.9 Å². The summed E-state index contributed by atoms with van der Waals surface area (Å²) in [5, 5.41) is 8.35. The molecule has 88 valence electrons. The molecule has 0 saturated carbocycles. The molecule has 0 aliphatic carbocycles. The first-order chi connectivity index (χ1) is 7.47. The molecule has 0 spiro atoms. The molecule has 0 aliphatic rings. The van der Waals surface area contributed by atoms with Crippen LogP contribution in [0, 0.1) is 5.82 Å². The van der Waals surface area contributed by atoms with Crippen molar-refractivity contribution >= 4 is 5.97 Å². The number of carboxylic acids is 1. The van der Waals surface area contributed by atoms with E-state index in [9.17, 15) is 18.0 Å². The zero-order chi connectivity index (χ0) is 12.6. The highest BCUT2D eigenvalue weighted by atomic mass is 19.2. The van der Waals surface area contributed by atoms with Gasteiger partial charge in [0.05, 0.1) is 5.56 Å². The average Bonchev–Trinajstić information content (AvgIpc) is 2.19. The lowest BCUT2D eigenvalue weighted by atomic mass is 10.2. The number of ether oxygens (including phenoxy) is 1. The lowest BCUT2D eigenvalue weighted by molar-refractivity contribution is 0.0695. The molecule has 0 bridgehead atoms. The molecule has 0 radical (unpaired) electrons. The largest absolute Gasteiger partial charge is 0.478 e. The Morgan fingerprint density at radius 2 is 1.88 bits per heavy atom. The molecule has 6 heteroatoms. The van der Waals surface area contributed by atoms with Gasteiger partial charge in [-0.2, -0.15) is 4.39 Å². The van der Waals surface area contributed by atoms with Crippen molar-refractivity contribution in [1.82, 2.24) is 0 Å². The van der Waals surface area contributed by atoms with E-state index in [-0.39, 0.29) is 5.56 Å². The number of carboxylic acid groups (broad SMARTS) is 1. The van der Waals surface area contributed by atoms with Gasteiger partial charge in [-0.3, -0.25) is 0 Å². The van der Waals surface area contributed by atoms with Gasteiger partial charge in [-0.15, -0.1) is 0 Å². The van der Waals surface area contributed by atoms with Crippen LogP contribution in [0.3, 0.4) is 0 Å². The standard InChI is InChI=1S/C7H5FO2.C3H4F2O/c8-6-3-1-5(2-4-6)7(9)10;1-3(5)6-2-4/h1-4H,(H,9,10);1-2H2. The van der Waals surface area contributed by atoms with Crippen LogP contribution in [0.25, 0.3) is 0 Å². The number of benzene rings is 1. The summed E-state index contributed by atoms with van der Waals surface area (Å²) in [5.74, 6) is -1.47. The van der Waals surface area contributed by atoms with Crippen LogP contribution in [-0.4, -0.2) is 17.9 Å². The lowest BCUT2D eigenvalue weighted by Gasteiger charge is -1.90. The van der Waals surface area contributed by atoms with Crippen molar-refractivity contribution in [2.24, 2.45) is 0 Å². The summed E-state index contributed by atoms with van der Waals surface area (Å²) in [6, 6.07) is 3.58. The minimum Gasteiger partial charge on any atom is -0.478 e. The number of hydrogen-bond acceptors (Lipinski definition) is 2. The summed E-state index contributed by atoms with van der Waals surface area (Å²) in [6.07, 6.45) is 0. The van der Waals surface area contributed by atoms with E-state index in [1.165, 1.54) is 12.1 Å². The van der Waals surface area contributed by atoms with E-state index in [0.29, 0.717) is 0 Å². The summed E-state index contributed by atoms with van der Waals surface area (Å²) in [7, 11) is 0. The molecule has 0 aliphatic heterocycles. The van der Waals surface area contributed by atoms with Gasteiger partial charge >= 0.3 is 5.97 Å². The van der Waals surface area contributed by atoms with E-state index in [0.717, 1.165) is 12.1 Å². The van der Waals surface area contributed by atoms with Crippen molar-refractivity contribution in [2.75, 3.05) is 6.86 Å². The maximum atomic E-state index is 12.2. The smallest absolute Gasteiger partial charge is 0.335 e. The Morgan fingerprint density at radius 1 is 1.38 bits per heavy atom. The number of alkyl halides is 1. The van der Waals surface area contributed by atoms with E-state index >= 15 is 0 Å². The Kier molecular flexibility index (Phi) is 6.42. The minimum absolute atomic E-state index is 0.0985. The summed E-state index contributed by atoms with van der Waals surface area (Å²) in [6.45, 7) is 1.47. The number of rotatable bonds is 3. The molecule has 16 heavy (non-hydrogen) atoms. The number of halogens is 3. The second kappa shape index (κ2) is 7.33. The third-order valence-corrected chi connectivity index (χ3v) is 1.30. The van der Waals surface area contributed by atoms with Crippen molar-refractivity contribution in [3.05, 3.63) is 48.2 Å². The molecule has 1 aromatic carbocycles. The van der Waals surface area contributed by atoms with E-state index in [1.807, 2.05) is 0 Å². The normalized spacial score (nSPS) is 8.69. The summed E-state index contributed by atoms with van der Waals surface area (Å²) >= 11 is 0. The molecule has 1 N–H and O–H groups in total. The first-order valence-corrected chi connectivity index (χ1v) is 3.99. The molecule has 3 nitrogen and oxygen atoms in total. The molecule has 1 rings (SSSR count). The number of aromatic carboxylic acids is 1. The summed E-state index contributed by atoms with van der Waals surface area (Å²) < 4.78 is 37.4. The van der Waals surface area contributed by atoms with E-state index in [2.05, 4.69) is 11.3 Å². The molecule has 0 atom stereocenters. The molecule has 1 aromatic rings. The zero-order valence-corrected chi connectivity index (χ0v) is 8.12. The highest BCUT2D eigenvalue weighted by Gasteiger charge is 1.99. The van der Waals surface area contributed by atoms with Crippen LogP contribution in [0.4, 0.5) is 13.2 Å². The minimum atomic E-state index is -1.14. The van der Waals surface area contributed by atoms with Crippen LogP contribution in [0.1, 0.15) is 10.4 Å². The van der Waals surface area contributed by atoms with Gasteiger partial charge in [-0.05, 0) is 30.8 Å². The van der Waals surface area contributed by atoms with Crippen LogP contribution >= 0.6 is 0 Å². The third kappa shape index (κ3) is 6.47. The molecule has 0 heterocycles. The zero-order valence-electron chi connectivity index (χ0n) is 8.12. The highest BCUT2D eigenvalue weighted by Crippen LogP contribution is 2.01. The van der Waals surface area contributed by atoms with Gasteiger partial charge in [0.25, 0.3) is 6.01 Å². The Hall–Kier alpha value is -1.98. The fourth-order valence-electron chi connectivity index (χ4n) is 0.652. The predicted molar refractivity (Wildman–Crippen MR) is 50.7 cm³/mol. The lowest BCUT2D eigenvalue weighted by Crippen LogP contribution is -1.94. The molecular formula is C10H9F3O3. The Balaban J connectivity index is 0.000000325. The van der Waals surface area contributed by atoms with Crippen molar-refractivity contribution in [2.45, 2.75) is 0 Å². The van der Waals surface area contributed by atoms with E-state index < -0.39 is 24.7 Å². The quantitative estimate of drug-likeness (QED) is 0.818. The Labute approximate surface area is 89.8 Å². The number of carbonyl (C=O) groups is 1. The second-order valence-corrected chi connectivity index (χ2v) is 2.42. The summed E-state index contributed by atoms with van der Waals surface area (Å²) in [5.41, 5.74) is 0.0985. The van der Waals surface area contributed by atoms with Gasteiger partial charge in [0, 0.05) is 0 Å². The fraction of sp³-hybridized carbons (Fsp3) is 0.100. The van der Waals surface area contributed by atoms with Crippen LogP contribution in [0.5, 0.6) is 0 Å². The molecule has 0 unspecified atom stereocenters. The molecule has 0 fully saturated rings. The van der Waals surface area contributed by atoms with E-state index in [4.69, 9.17) is 5.11 Å². The number of hydrogen-bond donors (Lipinski definition) is 1. The molecule has 0 aromatic heterocycles. The Bertz CT molecular complexity index is 349. The molecule has 0 amide bonds. The topological polar surface area (TPSA) is 46.5 Å². The van der Waals surface area contributed by atoms with Crippen LogP contribution < -0.4 is 0 Å². The van der Waals surface area contributed by atoms with Crippen LogP contribution in [-0.2, 0) is 4.74 Å². The van der Waals surface area contributed by atoms with Gasteiger partial charge in [0.15, 0.2) is 0 Å². The van der Waals surface area contributed by atoms with Crippen molar-refractivity contribution in [3.8, 4) is 0 Å². The van der Waals surface area contributed by atoms with Crippen molar-refractivity contribution < 1.29 is 27.8 Å². The first-order valence-electron chi connectivity index (χ1n) is 3.99. The molecular weight excluding hydrogens is 225 g/mol. The van der Waals surface area contributed by atoms with Gasteiger partial charge in [-0.1, -0.05) is 0 Å². The van der Waals surface area contributed by atoms with Gasteiger partial charge in [0.1, 0.15) is 5.82 Å². The molecule has 0 saturated heterocycles. The third-order valence-electron chi connectivity index (χ3n) is 1.30. The Morgan fingerprint density at radius 3 is 2.12 bits per heavy atom. The average molecular weight is 234 g/mol. The maximum Gasteiger partial charge on any atom is 0.335 e. The SMILES string of the molecule is C=C(F)OCF.O=C(O)c1ccc(F)cc1. The van der Waals surface area contributed by atoms with Gasteiger partial charge in [-0.25, -0.2) is 13.6 Å². The summed E-state index contributed by atoms with van der Waals surface area (Å²) in [4.78, 5) is 10.2. The second-order valence-electron chi connectivity index (χ2n) is 2.42. The van der Waals surface area contributed by atoms with Crippen molar-refractivity contribution in [1.29, 1.82) is 0 Å². The first kappa shape index (κ1) is 14.0. The predicted octanol–water partition coefficient (Wildman–Crippen LogP) is 2.89. The maximum absolute atomic E-state index is 12.2.